The summed E-state index contributed by atoms with van der Waals surface area (Å²) in [5.74, 6) is -1.66. The highest BCUT2D eigenvalue weighted by Gasteiger charge is 2.58. The number of carbonyl (C=O) groups is 3. The van der Waals surface area contributed by atoms with E-state index in [4.69, 9.17) is 90.3 Å². The highest BCUT2D eigenvalue weighted by molar-refractivity contribution is 7.51. The quantitative estimate of drug-likeness (QED) is 0.0210. The molecule has 25 N–H and O–H groups in total. The molecule has 7 aliphatic heterocycles. The SMILES string of the molecule is CC(=O)NC1[C@H](OCCNC(=O)OCCOCCOCCP(=O)(O)O)OC(CO)[C@@H](O[C@@H]2OC(CO)[C@@H](O[C@@H]3OC(CO[C@H]4OC(CO[C@H]5OC(CO)[C@@H](O)[C@H](O)C5O)[C@@H](O)[C@H](O[C@H]5O[C@@H](CO)[C@@H](O)C(O)C5O)C4O)[C@@H](O)[C@H](O[C@H]4O[C@@H](CO)[C@@H](O)C(O)C4O)C3O)[C@H](O)C2NC(C)=O)[C@@H]1O. The van der Waals surface area contributed by atoms with Crippen LogP contribution in [0.4, 0.5) is 4.79 Å². The van der Waals surface area contributed by atoms with Crippen molar-refractivity contribution in [3.05, 3.63) is 0 Å². The van der Waals surface area contributed by atoms with Crippen molar-refractivity contribution in [2.75, 3.05) is 98.6 Å². The van der Waals surface area contributed by atoms with E-state index in [2.05, 4.69) is 16.0 Å². The van der Waals surface area contributed by atoms with Crippen LogP contribution in [0.25, 0.3) is 0 Å². The van der Waals surface area contributed by atoms with Gasteiger partial charge in [-0.15, -0.1) is 0 Å². The molecule has 7 fully saturated rings. The lowest BCUT2D eigenvalue weighted by Gasteiger charge is -2.50. The number of aliphatic hydroxyl groups excluding tert-OH is 20. The third-order valence-corrected chi connectivity index (χ3v) is 18.1. The second-order valence-electron chi connectivity index (χ2n) is 24.6. The van der Waals surface area contributed by atoms with Gasteiger partial charge >= 0.3 is 13.7 Å². The lowest BCUT2D eigenvalue weighted by atomic mass is 9.94. The molecule has 7 rings (SSSR count). The van der Waals surface area contributed by atoms with Crippen molar-refractivity contribution < 1.29 is 211 Å². The van der Waals surface area contributed by atoms with Crippen LogP contribution in [0, 0.1) is 0 Å². The van der Waals surface area contributed by atoms with Gasteiger partial charge in [0.1, 0.15) is 177 Å². The molecule has 0 saturated carbocycles. The summed E-state index contributed by atoms with van der Waals surface area (Å²) in [6.45, 7) is -6.14. The van der Waals surface area contributed by atoms with Crippen LogP contribution >= 0.6 is 7.60 Å². The van der Waals surface area contributed by atoms with Crippen molar-refractivity contribution >= 4 is 25.5 Å². The lowest BCUT2D eigenvalue weighted by molar-refractivity contribution is -0.387. The van der Waals surface area contributed by atoms with E-state index in [-0.39, 0.29) is 46.2 Å². The lowest BCUT2D eigenvalue weighted by Crippen LogP contribution is -2.70. The zero-order valence-electron chi connectivity index (χ0n) is 54.7. The number of alkyl carbamates (subject to hydrolysis) is 1. The van der Waals surface area contributed by atoms with E-state index in [0.717, 1.165) is 13.8 Å². The van der Waals surface area contributed by atoms with E-state index in [1.54, 1.807) is 0 Å². The second kappa shape index (κ2) is 39.9. The van der Waals surface area contributed by atoms with Gasteiger partial charge in [0.15, 0.2) is 44.0 Å². The number of ether oxygens (including phenoxy) is 17. The van der Waals surface area contributed by atoms with Crippen molar-refractivity contribution in [1.82, 2.24) is 16.0 Å². The number of hydrogen-bond donors (Lipinski definition) is 25. The van der Waals surface area contributed by atoms with Gasteiger partial charge < -0.3 is 208 Å². The summed E-state index contributed by atoms with van der Waals surface area (Å²) in [6.07, 6.45) is -67.4. The van der Waals surface area contributed by atoms with E-state index in [9.17, 15) is 121 Å². The fraction of sp³-hybridized carbons (Fsp3) is 0.945. The molecule has 102 heavy (non-hydrogen) atoms. The highest BCUT2D eigenvalue weighted by Crippen LogP contribution is 2.38. The molecular weight excluding hydrogens is 1420 g/mol. The Morgan fingerprint density at radius 2 is 0.696 bits per heavy atom. The minimum absolute atomic E-state index is 0.00364. The fourth-order valence-corrected chi connectivity index (χ4v) is 12.2. The zero-order valence-corrected chi connectivity index (χ0v) is 55.6. The zero-order chi connectivity index (χ0) is 75.2. The van der Waals surface area contributed by atoms with Crippen molar-refractivity contribution in [3.63, 3.8) is 0 Å². The first-order chi connectivity index (χ1) is 48.3. The third-order valence-electron chi connectivity index (χ3n) is 17.3. The summed E-state index contributed by atoms with van der Waals surface area (Å²) in [5, 5.41) is 226. The Hall–Kier alpha value is -3.08. The second-order valence-corrected chi connectivity index (χ2v) is 26.4. The number of aliphatic hydroxyl groups is 20. The normalized spacial score (nSPS) is 43.6. The molecule has 0 radical (unpaired) electrons. The first-order valence-electron chi connectivity index (χ1n) is 32.2. The van der Waals surface area contributed by atoms with Crippen LogP contribution in [0.1, 0.15) is 13.8 Å². The Morgan fingerprint density at radius 3 is 1.15 bits per heavy atom. The molecule has 0 aromatic rings. The number of nitrogens with one attached hydrogen (secondary N) is 3. The Labute approximate surface area is 578 Å². The molecule has 47 heteroatoms. The van der Waals surface area contributed by atoms with Gasteiger partial charge in [0, 0.05) is 20.4 Å². The summed E-state index contributed by atoms with van der Waals surface area (Å²) in [4.78, 5) is 55.6. The Morgan fingerprint density at radius 1 is 0.353 bits per heavy atom. The maximum absolute atomic E-state index is 12.9. The van der Waals surface area contributed by atoms with Crippen LogP contribution in [0.5, 0.6) is 0 Å². The molecule has 14 unspecified atom stereocenters. The van der Waals surface area contributed by atoms with Gasteiger partial charge in [0.25, 0.3) is 0 Å². The van der Waals surface area contributed by atoms with Crippen LogP contribution in [0.15, 0.2) is 0 Å². The molecule has 46 nitrogen and oxygen atoms in total. The first kappa shape index (κ1) is 86.2. The Balaban J connectivity index is 1.08. The molecule has 7 saturated heterocycles. The van der Waals surface area contributed by atoms with E-state index >= 15 is 0 Å². The van der Waals surface area contributed by atoms with Gasteiger partial charge in [-0.05, 0) is 0 Å². The van der Waals surface area contributed by atoms with Crippen LogP contribution in [-0.2, 0) is 94.7 Å². The summed E-state index contributed by atoms with van der Waals surface area (Å²) < 4.78 is 107. The summed E-state index contributed by atoms with van der Waals surface area (Å²) in [6, 6.07) is -3.42. The predicted octanol–water partition coefficient (Wildman–Crippen LogP) is -16.0. The molecule has 7 aliphatic rings. The average Bonchev–Trinajstić information content (AvgIpc) is 0.773. The van der Waals surface area contributed by atoms with Gasteiger partial charge in [0.05, 0.1) is 85.4 Å². The molecule has 594 valence electrons. The summed E-state index contributed by atoms with van der Waals surface area (Å²) in [5.41, 5.74) is 0. The molecule has 0 aromatic carbocycles. The van der Waals surface area contributed by atoms with Crippen molar-refractivity contribution in [1.29, 1.82) is 0 Å². The number of rotatable bonds is 34. The topological polar surface area (TPSA) is 706 Å². The molecular formula is C55H96N3O43P. The van der Waals surface area contributed by atoms with Gasteiger partial charge in [-0.3, -0.25) is 14.2 Å². The number of hydrogen-bond acceptors (Lipinski definition) is 41. The molecule has 35 atom stereocenters. The monoisotopic (exact) mass is 1520 g/mol. The van der Waals surface area contributed by atoms with Gasteiger partial charge in [-0.2, -0.15) is 0 Å². The van der Waals surface area contributed by atoms with E-state index in [1.807, 2.05) is 0 Å². The van der Waals surface area contributed by atoms with Crippen LogP contribution in [-0.4, -0.2) is 443 Å². The molecule has 0 aliphatic carbocycles. The van der Waals surface area contributed by atoms with Crippen molar-refractivity contribution in [3.8, 4) is 0 Å². The smallest absolute Gasteiger partial charge is 0.407 e. The maximum Gasteiger partial charge on any atom is 0.407 e. The highest BCUT2D eigenvalue weighted by atomic mass is 31.2. The Bertz CT molecular complexity index is 2580. The average molecular weight is 1520 g/mol. The van der Waals surface area contributed by atoms with E-state index in [1.165, 1.54) is 0 Å². The molecule has 0 bridgehead atoms. The standard InChI is InChI=1S/C55H96N3O43P/c1-18(64)57-27-34(71)44(23(14-62)94-48(27)87-4-3-56-55(81)88-8-7-85-5-6-86-9-10-102(82,83)84)98-49-28(58-19(2)65)35(72)45(24(15-63)95-49)99-54-43(80)47(101-53-41(78)38(75)31(68)22(13-61)93-53)33(70)26(97-54)17-90-51-42(79)46(100-52-40(77)37(74)30(67)21(12-60)92-52)32(69)25(96-51)16-89-50-39(76)36(73)29(66)20(11-59)91-50/h20-54,59-63,66-80H,3-17H2,1-2H3,(H,56,81)(H,57,64)(H,58,65)(H2,82,83,84)/t20?,21-,22-,23?,24?,25?,26?,27?,28?,29+,30+,31+,32+,33+,34+,35+,36-,37?,38?,39?,40?,41?,42?,43?,44+,45+,46-,47-,48+,49-,50-,51-,52+,53+,54-/m0/s1. The van der Waals surface area contributed by atoms with Crippen molar-refractivity contribution in [2.45, 2.75) is 229 Å². The maximum atomic E-state index is 12.9. The van der Waals surface area contributed by atoms with Crippen LogP contribution < -0.4 is 16.0 Å². The van der Waals surface area contributed by atoms with Crippen LogP contribution in [0.2, 0.25) is 0 Å². The molecule has 7 heterocycles. The number of amides is 3. The minimum Gasteiger partial charge on any atom is -0.447 e. The minimum atomic E-state index is -4.23. The summed E-state index contributed by atoms with van der Waals surface area (Å²) in [7, 11) is -4.23. The predicted molar refractivity (Wildman–Crippen MR) is 317 cm³/mol. The molecule has 0 aromatic heterocycles. The number of carbonyl (C=O) groups excluding carboxylic acids is 3. The van der Waals surface area contributed by atoms with Gasteiger partial charge in [-0.1, -0.05) is 0 Å². The molecule has 3 amide bonds. The van der Waals surface area contributed by atoms with Gasteiger partial charge in [0.2, 0.25) is 11.8 Å². The Kier molecular flexibility index (Phi) is 33.7. The first-order valence-corrected chi connectivity index (χ1v) is 34.0. The third kappa shape index (κ3) is 22.1. The van der Waals surface area contributed by atoms with Crippen molar-refractivity contribution in [2.24, 2.45) is 0 Å². The largest absolute Gasteiger partial charge is 0.447 e. The van der Waals surface area contributed by atoms with Crippen LogP contribution in [0.3, 0.4) is 0 Å². The summed E-state index contributed by atoms with van der Waals surface area (Å²) >= 11 is 0. The molecule has 0 spiro atoms. The van der Waals surface area contributed by atoms with E-state index < -0.39 is 293 Å². The van der Waals surface area contributed by atoms with Gasteiger partial charge in [-0.25, -0.2) is 4.79 Å². The van der Waals surface area contributed by atoms with E-state index in [0.29, 0.717) is 0 Å². The fourth-order valence-electron chi connectivity index (χ4n) is 11.8.